The van der Waals surface area contributed by atoms with Crippen molar-refractivity contribution in [3.63, 3.8) is 0 Å². The summed E-state index contributed by atoms with van der Waals surface area (Å²) < 4.78 is 10.8. The molecule has 0 aliphatic carbocycles. The van der Waals surface area contributed by atoms with Crippen molar-refractivity contribution in [3.05, 3.63) is 46.2 Å². The van der Waals surface area contributed by atoms with Crippen LogP contribution in [-0.2, 0) is 5.41 Å². The molecule has 0 saturated carbocycles. The van der Waals surface area contributed by atoms with E-state index in [-0.39, 0.29) is 35.4 Å². The standard InChI is InChI=1S/C20H29N3O2S.HI/c1-14(18-8-7-11-26-18)23-19(21-4)22-13-20(2,3)15-9-10-16(24-5)17(12-15)25-6;/h7-12,14H,13H2,1-6H3,(H2,21,22,23);1H. The minimum atomic E-state index is -0.108. The summed E-state index contributed by atoms with van der Waals surface area (Å²) in [5, 5.41) is 8.96. The van der Waals surface area contributed by atoms with Crippen LogP contribution in [-0.4, -0.2) is 33.8 Å². The number of methoxy groups -OCH3 is 2. The average Bonchev–Trinajstić information content (AvgIpc) is 3.19. The summed E-state index contributed by atoms with van der Waals surface area (Å²) in [4.78, 5) is 5.63. The van der Waals surface area contributed by atoms with Crippen molar-refractivity contribution in [3.8, 4) is 11.5 Å². The zero-order valence-corrected chi connectivity index (χ0v) is 20.0. The van der Waals surface area contributed by atoms with Crippen LogP contribution in [0, 0.1) is 0 Å². The number of rotatable bonds is 7. The van der Waals surface area contributed by atoms with Gasteiger partial charge in [-0.2, -0.15) is 0 Å². The van der Waals surface area contributed by atoms with Gasteiger partial charge in [0.05, 0.1) is 20.3 Å². The van der Waals surface area contributed by atoms with E-state index in [2.05, 4.69) is 60.0 Å². The maximum absolute atomic E-state index is 5.43. The minimum Gasteiger partial charge on any atom is -0.493 e. The molecule has 150 valence electrons. The molecule has 0 spiro atoms. The van der Waals surface area contributed by atoms with Gasteiger partial charge in [-0.15, -0.1) is 35.3 Å². The summed E-state index contributed by atoms with van der Waals surface area (Å²) in [6, 6.07) is 10.5. The Hall–Kier alpha value is -1.48. The Morgan fingerprint density at radius 1 is 1.19 bits per heavy atom. The van der Waals surface area contributed by atoms with E-state index in [0.29, 0.717) is 0 Å². The van der Waals surface area contributed by atoms with Gasteiger partial charge in [0.25, 0.3) is 0 Å². The molecule has 0 amide bonds. The van der Waals surface area contributed by atoms with Crippen molar-refractivity contribution < 1.29 is 9.47 Å². The molecule has 2 rings (SSSR count). The fraction of sp³-hybridized carbons (Fsp3) is 0.450. The Morgan fingerprint density at radius 3 is 2.44 bits per heavy atom. The van der Waals surface area contributed by atoms with Crippen molar-refractivity contribution >= 4 is 41.3 Å². The zero-order valence-electron chi connectivity index (χ0n) is 16.8. The molecule has 7 heteroatoms. The molecule has 1 atom stereocenters. The van der Waals surface area contributed by atoms with E-state index in [1.807, 2.05) is 12.1 Å². The molecule has 2 aromatic rings. The first-order chi connectivity index (χ1) is 12.4. The van der Waals surface area contributed by atoms with Gasteiger partial charge in [-0.05, 0) is 36.1 Å². The average molecular weight is 503 g/mol. The molecule has 1 aromatic carbocycles. The van der Waals surface area contributed by atoms with Gasteiger partial charge in [0, 0.05) is 23.9 Å². The van der Waals surface area contributed by atoms with E-state index in [1.54, 1.807) is 32.6 Å². The summed E-state index contributed by atoms with van der Waals surface area (Å²) in [5.41, 5.74) is 1.06. The van der Waals surface area contributed by atoms with Crippen LogP contribution in [0.2, 0.25) is 0 Å². The van der Waals surface area contributed by atoms with E-state index in [9.17, 15) is 0 Å². The van der Waals surface area contributed by atoms with Gasteiger partial charge in [-0.3, -0.25) is 4.99 Å². The lowest BCUT2D eigenvalue weighted by Crippen LogP contribution is -2.44. The number of thiophene rings is 1. The van der Waals surface area contributed by atoms with Crippen LogP contribution < -0.4 is 20.1 Å². The molecule has 1 aromatic heterocycles. The van der Waals surface area contributed by atoms with E-state index in [1.165, 1.54) is 10.4 Å². The molecular weight excluding hydrogens is 473 g/mol. The number of aliphatic imine (C=N–C) groups is 1. The maximum Gasteiger partial charge on any atom is 0.191 e. The third kappa shape index (κ3) is 6.27. The summed E-state index contributed by atoms with van der Waals surface area (Å²) in [6.07, 6.45) is 0. The second kappa shape index (κ2) is 10.8. The molecule has 27 heavy (non-hydrogen) atoms. The van der Waals surface area contributed by atoms with Gasteiger partial charge >= 0.3 is 0 Å². The van der Waals surface area contributed by atoms with Crippen molar-refractivity contribution in [2.45, 2.75) is 32.2 Å². The Kier molecular flexibility index (Phi) is 9.38. The SMILES string of the molecule is CN=C(NCC(C)(C)c1ccc(OC)c(OC)c1)NC(C)c1cccs1.I. The number of guanidine groups is 1. The molecule has 2 N–H and O–H groups in total. The molecule has 0 aliphatic heterocycles. The second-order valence-electron chi connectivity index (χ2n) is 6.76. The molecule has 1 heterocycles. The Bertz CT molecular complexity index is 733. The van der Waals surface area contributed by atoms with Crippen LogP contribution in [0.5, 0.6) is 11.5 Å². The maximum atomic E-state index is 5.43. The van der Waals surface area contributed by atoms with Crippen molar-refractivity contribution in [1.29, 1.82) is 0 Å². The largest absolute Gasteiger partial charge is 0.493 e. The van der Waals surface area contributed by atoms with E-state index in [4.69, 9.17) is 9.47 Å². The summed E-state index contributed by atoms with van der Waals surface area (Å²) in [6.45, 7) is 7.26. The normalized spacial score (nSPS) is 12.7. The van der Waals surface area contributed by atoms with Crippen LogP contribution >= 0.6 is 35.3 Å². The van der Waals surface area contributed by atoms with Crippen LogP contribution in [0.15, 0.2) is 40.7 Å². The Morgan fingerprint density at radius 2 is 1.89 bits per heavy atom. The van der Waals surface area contributed by atoms with Gasteiger partial charge in [-0.25, -0.2) is 0 Å². The number of hydrogen-bond donors (Lipinski definition) is 2. The lowest BCUT2D eigenvalue weighted by Gasteiger charge is -2.28. The van der Waals surface area contributed by atoms with Crippen molar-refractivity contribution in [2.75, 3.05) is 27.8 Å². The monoisotopic (exact) mass is 503 g/mol. The van der Waals surface area contributed by atoms with E-state index in [0.717, 1.165) is 24.0 Å². The lowest BCUT2D eigenvalue weighted by molar-refractivity contribution is 0.353. The van der Waals surface area contributed by atoms with E-state index < -0.39 is 0 Å². The van der Waals surface area contributed by atoms with Crippen LogP contribution in [0.4, 0.5) is 0 Å². The Labute approximate surface area is 183 Å². The first-order valence-electron chi connectivity index (χ1n) is 8.64. The highest BCUT2D eigenvalue weighted by Gasteiger charge is 2.23. The third-order valence-electron chi connectivity index (χ3n) is 4.41. The lowest BCUT2D eigenvalue weighted by atomic mass is 9.84. The van der Waals surface area contributed by atoms with Crippen molar-refractivity contribution in [2.24, 2.45) is 4.99 Å². The number of benzene rings is 1. The molecule has 0 aliphatic rings. The molecular formula is C20H30IN3O2S. The quantitative estimate of drug-likeness (QED) is 0.330. The van der Waals surface area contributed by atoms with Crippen molar-refractivity contribution in [1.82, 2.24) is 10.6 Å². The zero-order chi connectivity index (χ0) is 19.2. The molecule has 1 unspecified atom stereocenters. The summed E-state index contributed by atoms with van der Waals surface area (Å²) >= 11 is 1.74. The fourth-order valence-electron chi connectivity index (χ4n) is 2.67. The van der Waals surface area contributed by atoms with Crippen LogP contribution in [0.1, 0.15) is 37.3 Å². The topological polar surface area (TPSA) is 54.9 Å². The highest BCUT2D eigenvalue weighted by Crippen LogP contribution is 2.32. The number of ether oxygens (including phenoxy) is 2. The van der Waals surface area contributed by atoms with Gasteiger partial charge in [0.1, 0.15) is 0 Å². The predicted octanol–water partition coefficient (Wildman–Crippen LogP) is 4.59. The number of nitrogens with zero attached hydrogens (tertiary/aromatic N) is 1. The van der Waals surface area contributed by atoms with Gasteiger partial charge in [0.2, 0.25) is 0 Å². The molecule has 5 nitrogen and oxygen atoms in total. The first kappa shape index (κ1) is 23.6. The number of hydrogen-bond acceptors (Lipinski definition) is 4. The highest BCUT2D eigenvalue weighted by molar-refractivity contribution is 14.0. The van der Waals surface area contributed by atoms with Gasteiger partial charge in [0.15, 0.2) is 17.5 Å². The summed E-state index contributed by atoms with van der Waals surface area (Å²) in [5.74, 6) is 2.27. The number of halogens is 1. The highest BCUT2D eigenvalue weighted by atomic mass is 127. The molecule has 0 fully saturated rings. The fourth-order valence-corrected chi connectivity index (χ4v) is 3.41. The summed E-state index contributed by atoms with van der Waals surface area (Å²) in [7, 11) is 5.10. The first-order valence-corrected chi connectivity index (χ1v) is 9.52. The molecule has 0 saturated heterocycles. The van der Waals surface area contributed by atoms with Gasteiger partial charge in [-0.1, -0.05) is 26.0 Å². The smallest absolute Gasteiger partial charge is 0.191 e. The minimum absolute atomic E-state index is 0. The molecule has 0 bridgehead atoms. The number of nitrogens with one attached hydrogen (secondary N) is 2. The predicted molar refractivity (Wildman–Crippen MR) is 125 cm³/mol. The van der Waals surface area contributed by atoms with Crippen LogP contribution in [0.3, 0.4) is 0 Å². The van der Waals surface area contributed by atoms with E-state index >= 15 is 0 Å². The third-order valence-corrected chi connectivity index (χ3v) is 5.46. The molecule has 0 radical (unpaired) electrons. The van der Waals surface area contributed by atoms with Crippen LogP contribution in [0.25, 0.3) is 0 Å². The Balaban J connectivity index is 0.00000364. The second-order valence-corrected chi connectivity index (χ2v) is 7.74. The van der Waals surface area contributed by atoms with Gasteiger partial charge < -0.3 is 20.1 Å².